The van der Waals surface area contributed by atoms with E-state index in [2.05, 4.69) is 44.8 Å². The average Bonchev–Trinajstić information content (AvgIpc) is 3.26. The number of hydrogen-bond donors (Lipinski definition) is 2. The van der Waals surface area contributed by atoms with Gasteiger partial charge < -0.3 is 15.5 Å². The quantitative estimate of drug-likeness (QED) is 0.716. The molecule has 0 spiro atoms. The van der Waals surface area contributed by atoms with Crippen molar-refractivity contribution in [1.29, 1.82) is 0 Å². The van der Waals surface area contributed by atoms with Crippen LogP contribution in [0, 0.1) is 0 Å². The summed E-state index contributed by atoms with van der Waals surface area (Å²) in [6.07, 6.45) is 0. The van der Waals surface area contributed by atoms with Gasteiger partial charge in [0.25, 0.3) is 5.91 Å². The molecule has 1 aromatic carbocycles. The lowest BCUT2D eigenvalue weighted by Gasteiger charge is -2.34. The summed E-state index contributed by atoms with van der Waals surface area (Å²) in [7, 11) is 0. The zero-order valence-electron chi connectivity index (χ0n) is 15.0. The van der Waals surface area contributed by atoms with Gasteiger partial charge in [0.15, 0.2) is 0 Å². The van der Waals surface area contributed by atoms with Gasteiger partial charge in [-0.3, -0.25) is 4.79 Å². The number of benzene rings is 1. The van der Waals surface area contributed by atoms with Crippen molar-refractivity contribution >= 4 is 23.1 Å². The molecular weight excluding hydrogens is 356 g/mol. The maximum Gasteiger partial charge on any atom is 0.270 e. The molecule has 3 heterocycles. The zero-order valence-corrected chi connectivity index (χ0v) is 15.8. The molecule has 0 radical (unpaired) electrons. The van der Waals surface area contributed by atoms with Gasteiger partial charge in [0.1, 0.15) is 11.5 Å². The minimum absolute atomic E-state index is 0.139. The molecule has 138 valence electrons. The summed E-state index contributed by atoms with van der Waals surface area (Å²) in [4.78, 5) is 20.4. The number of hydrogen-bond acceptors (Lipinski definition) is 5. The van der Waals surface area contributed by atoms with Crippen LogP contribution in [0.2, 0.25) is 0 Å². The molecule has 0 saturated carbocycles. The third-order valence-corrected chi connectivity index (χ3v) is 5.55. The number of amides is 1. The van der Waals surface area contributed by atoms with E-state index in [-0.39, 0.29) is 11.9 Å². The summed E-state index contributed by atoms with van der Waals surface area (Å²) in [6.45, 7) is 3.12. The van der Waals surface area contributed by atoms with E-state index in [1.54, 1.807) is 17.4 Å². The van der Waals surface area contributed by atoms with Crippen LogP contribution in [0.1, 0.15) is 27.0 Å². The first kappa shape index (κ1) is 17.7. The van der Waals surface area contributed by atoms with Crippen molar-refractivity contribution in [2.75, 3.05) is 24.5 Å². The first-order chi connectivity index (χ1) is 13.3. The minimum atomic E-state index is -0.139. The van der Waals surface area contributed by atoms with E-state index in [1.807, 2.05) is 35.7 Å². The van der Waals surface area contributed by atoms with Crippen LogP contribution in [0.4, 0.5) is 5.82 Å². The second-order valence-corrected chi connectivity index (χ2v) is 7.54. The third-order valence-electron chi connectivity index (χ3n) is 4.67. The van der Waals surface area contributed by atoms with Crippen molar-refractivity contribution in [3.8, 4) is 0 Å². The number of rotatable bonds is 5. The molecular formula is C21H22N4OS. The Kier molecular flexibility index (Phi) is 5.46. The predicted molar refractivity (Wildman–Crippen MR) is 109 cm³/mol. The van der Waals surface area contributed by atoms with Gasteiger partial charge in [-0.2, -0.15) is 0 Å². The average molecular weight is 379 g/mol. The molecule has 2 aromatic heterocycles. The lowest BCUT2D eigenvalue weighted by molar-refractivity contribution is 0.0946. The fourth-order valence-electron chi connectivity index (χ4n) is 3.26. The monoisotopic (exact) mass is 378 g/mol. The van der Waals surface area contributed by atoms with Crippen molar-refractivity contribution < 1.29 is 4.79 Å². The second-order valence-electron chi connectivity index (χ2n) is 6.51. The number of thiophene rings is 1. The SMILES string of the molecule is O=C(NCc1cccs1)c1cccc(N2CCNC(c3ccccc3)C2)n1. The Bertz CT molecular complexity index is 882. The van der Waals surface area contributed by atoms with Gasteiger partial charge in [0.2, 0.25) is 0 Å². The molecule has 1 aliphatic heterocycles. The van der Waals surface area contributed by atoms with Crippen LogP contribution in [0.5, 0.6) is 0 Å². The third kappa shape index (κ3) is 4.35. The molecule has 2 N–H and O–H groups in total. The summed E-state index contributed by atoms with van der Waals surface area (Å²) < 4.78 is 0. The number of nitrogens with zero attached hydrogens (tertiary/aromatic N) is 2. The predicted octanol–water partition coefficient (Wildman–Crippen LogP) is 3.22. The van der Waals surface area contributed by atoms with Gasteiger partial charge in [-0.25, -0.2) is 4.98 Å². The lowest BCUT2D eigenvalue weighted by atomic mass is 10.0. The molecule has 27 heavy (non-hydrogen) atoms. The molecule has 1 amide bonds. The maximum absolute atomic E-state index is 12.5. The number of piperazine rings is 1. The van der Waals surface area contributed by atoms with Gasteiger partial charge in [-0.1, -0.05) is 42.5 Å². The van der Waals surface area contributed by atoms with E-state index in [0.29, 0.717) is 12.2 Å². The molecule has 0 aliphatic carbocycles. The normalized spacial score (nSPS) is 16.9. The van der Waals surface area contributed by atoms with E-state index < -0.39 is 0 Å². The highest BCUT2D eigenvalue weighted by molar-refractivity contribution is 7.09. The van der Waals surface area contributed by atoms with Crippen molar-refractivity contribution in [3.05, 3.63) is 82.2 Å². The topological polar surface area (TPSA) is 57.3 Å². The Balaban J connectivity index is 1.44. The van der Waals surface area contributed by atoms with Gasteiger partial charge in [-0.15, -0.1) is 11.3 Å². The van der Waals surface area contributed by atoms with Gasteiger partial charge in [-0.05, 0) is 29.1 Å². The van der Waals surface area contributed by atoms with E-state index in [1.165, 1.54) is 5.56 Å². The van der Waals surface area contributed by atoms with Crippen LogP contribution in [-0.4, -0.2) is 30.5 Å². The van der Waals surface area contributed by atoms with Crippen molar-refractivity contribution in [3.63, 3.8) is 0 Å². The maximum atomic E-state index is 12.5. The van der Waals surface area contributed by atoms with Crippen LogP contribution in [-0.2, 0) is 6.54 Å². The number of anilines is 1. The molecule has 5 nitrogen and oxygen atoms in total. The Morgan fingerprint density at radius 3 is 2.85 bits per heavy atom. The highest BCUT2D eigenvalue weighted by atomic mass is 32.1. The number of pyridine rings is 1. The summed E-state index contributed by atoms with van der Waals surface area (Å²) in [5.41, 5.74) is 1.73. The molecule has 1 aliphatic rings. The smallest absolute Gasteiger partial charge is 0.270 e. The zero-order chi connectivity index (χ0) is 18.5. The first-order valence-electron chi connectivity index (χ1n) is 9.10. The van der Waals surface area contributed by atoms with Crippen molar-refractivity contribution in [1.82, 2.24) is 15.6 Å². The fourth-order valence-corrected chi connectivity index (χ4v) is 3.91. The first-order valence-corrected chi connectivity index (χ1v) is 9.98. The molecule has 0 bridgehead atoms. The number of nitrogens with one attached hydrogen (secondary N) is 2. The van der Waals surface area contributed by atoms with Gasteiger partial charge in [0.05, 0.1) is 6.54 Å². The standard InChI is InChI=1S/C21H22N4OS/c26-21(23-14-17-8-5-13-27-17)18-9-4-10-20(24-18)25-12-11-22-19(15-25)16-6-2-1-3-7-16/h1-10,13,19,22H,11-12,14-15H2,(H,23,26). The molecule has 1 atom stereocenters. The molecule has 3 aromatic rings. The fraction of sp³-hybridized carbons (Fsp3) is 0.238. The van der Waals surface area contributed by atoms with Crippen LogP contribution >= 0.6 is 11.3 Å². The number of aromatic nitrogens is 1. The Labute approximate surface area is 163 Å². The number of carbonyl (C=O) groups excluding carboxylic acids is 1. The molecule has 6 heteroatoms. The van der Waals surface area contributed by atoms with Crippen molar-refractivity contribution in [2.24, 2.45) is 0 Å². The molecule has 1 saturated heterocycles. The molecule has 4 rings (SSSR count). The van der Waals surface area contributed by atoms with Crippen LogP contribution < -0.4 is 15.5 Å². The molecule has 1 fully saturated rings. The Hall–Kier alpha value is -2.70. The number of carbonyl (C=O) groups is 1. The Morgan fingerprint density at radius 1 is 1.15 bits per heavy atom. The van der Waals surface area contributed by atoms with Crippen LogP contribution in [0.3, 0.4) is 0 Å². The van der Waals surface area contributed by atoms with E-state index >= 15 is 0 Å². The summed E-state index contributed by atoms with van der Waals surface area (Å²) in [6, 6.07) is 20.3. The van der Waals surface area contributed by atoms with Gasteiger partial charge in [0, 0.05) is 30.6 Å². The highest BCUT2D eigenvalue weighted by Gasteiger charge is 2.22. The second kappa shape index (κ2) is 8.33. The molecule has 1 unspecified atom stereocenters. The van der Waals surface area contributed by atoms with Crippen LogP contribution in [0.15, 0.2) is 66.0 Å². The van der Waals surface area contributed by atoms with E-state index in [9.17, 15) is 4.79 Å². The van der Waals surface area contributed by atoms with E-state index in [0.717, 1.165) is 30.3 Å². The van der Waals surface area contributed by atoms with E-state index in [4.69, 9.17) is 0 Å². The van der Waals surface area contributed by atoms with Crippen LogP contribution in [0.25, 0.3) is 0 Å². The summed E-state index contributed by atoms with van der Waals surface area (Å²) >= 11 is 1.63. The Morgan fingerprint density at radius 2 is 2.04 bits per heavy atom. The van der Waals surface area contributed by atoms with Gasteiger partial charge >= 0.3 is 0 Å². The minimum Gasteiger partial charge on any atom is -0.353 e. The summed E-state index contributed by atoms with van der Waals surface area (Å²) in [5.74, 6) is 0.709. The largest absolute Gasteiger partial charge is 0.353 e. The summed E-state index contributed by atoms with van der Waals surface area (Å²) in [5, 5.41) is 8.51. The lowest BCUT2D eigenvalue weighted by Crippen LogP contribution is -2.46. The highest BCUT2D eigenvalue weighted by Crippen LogP contribution is 2.21. The van der Waals surface area contributed by atoms with Crippen molar-refractivity contribution in [2.45, 2.75) is 12.6 Å².